The quantitative estimate of drug-likeness (QED) is 0.739. The number of carbonyl (C=O) groups excluding carboxylic acids is 2. The van der Waals surface area contributed by atoms with E-state index < -0.39 is 23.6 Å². The van der Waals surface area contributed by atoms with E-state index in [1.807, 2.05) is 0 Å². The maximum Gasteiger partial charge on any atom is 0.435 e. The number of aromatic nitrogens is 2. The van der Waals surface area contributed by atoms with E-state index in [1.54, 1.807) is 42.7 Å². The Bertz CT molecular complexity index is 909. The number of amides is 2. The van der Waals surface area contributed by atoms with Gasteiger partial charge in [-0.2, -0.15) is 18.3 Å². The largest absolute Gasteiger partial charge is 0.444 e. The van der Waals surface area contributed by atoms with Crippen molar-refractivity contribution in [3.63, 3.8) is 0 Å². The summed E-state index contributed by atoms with van der Waals surface area (Å²) in [5, 5.41) is 3.51. The van der Waals surface area contributed by atoms with E-state index in [-0.39, 0.29) is 5.91 Å². The Morgan fingerprint density at radius 3 is 2.00 bits per heavy atom. The molecule has 1 aliphatic heterocycles. The van der Waals surface area contributed by atoms with Crippen molar-refractivity contribution in [3.8, 4) is 5.69 Å². The highest BCUT2D eigenvalue weighted by molar-refractivity contribution is 5.94. The molecule has 2 amide bonds. The molecule has 2 aromatic rings. The Morgan fingerprint density at radius 1 is 0.933 bits per heavy atom. The van der Waals surface area contributed by atoms with Crippen LogP contribution in [0.3, 0.4) is 0 Å². The fraction of sp³-hybridized carbons (Fsp3) is 0.450. The first-order valence-corrected chi connectivity index (χ1v) is 9.44. The normalized spacial score (nSPS) is 15.3. The van der Waals surface area contributed by atoms with E-state index >= 15 is 0 Å². The summed E-state index contributed by atoms with van der Waals surface area (Å²) < 4.78 is 44.5. The molecule has 1 fully saturated rings. The van der Waals surface area contributed by atoms with Gasteiger partial charge in [0.2, 0.25) is 0 Å². The van der Waals surface area contributed by atoms with E-state index in [0.717, 1.165) is 10.7 Å². The molecule has 7 nitrogen and oxygen atoms in total. The Morgan fingerprint density at radius 2 is 1.50 bits per heavy atom. The van der Waals surface area contributed by atoms with Gasteiger partial charge in [0.05, 0.1) is 5.69 Å². The molecule has 10 heteroatoms. The van der Waals surface area contributed by atoms with Crippen LogP contribution < -0.4 is 0 Å². The monoisotopic (exact) mass is 424 g/mol. The van der Waals surface area contributed by atoms with Crippen molar-refractivity contribution < 1.29 is 27.5 Å². The predicted molar refractivity (Wildman–Crippen MR) is 102 cm³/mol. The molecule has 0 atom stereocenters. The second-order valence-corrected chi connectivity index (χ2v) is 7.95. The van der Waals surface area contributed by atoms with Gasteiger partial charge in [0.15, 0.2) is 5.69 Å². The lowest BCUT2D eigenvalue weighted by Gasteiger charge is -2.35. The summed E-state index contributed by atoms with van der Waals surface area (Å²) in [6.07, 6.45) is -3.70. The van der Waals surface area contributed by atoms with Crippen LogP contribution in [0.15, 0.2) is 36.5 Å². The summed E-state index contributed by atoms with van der Waals surface area (Å²) in [5.41, 5.74) is -0.740. The molecule has 162 valence electrons. The number of piperazine rings is 1. The lowest BCUT2D eigenvalue weighted by molar-refractivity contribution is -0.141. The number of rotatable bonds is 2. The molecule has 1 aliphatic rings. The predicted octanol–water partition coefficient (Wildman–Crippen LogP) is 3.58. The third-order valence-electron chi connectivity index (χ3n) is 4.48. The van der Waals surface area contributed by atoms with Crippen LogP contribution >= 0.6 is 0 Å². The molecule has 30 heavy (non-hydrogen) atoms. The minimum absolute atomic E-state index is 0.207. The maximum atomic E-state index is 12.7. The number of halogens is 3. The third kappa shape index (κ3) is 5.11. The SMILES string of the molecule is CC(C)(C)OC(=O)N1CCN(C(=O)c2ccc(-n3ccc(C(F)(F)F)n3)cc2)CC1. The summed E-state index contributed by atoms with van der Waals surface area (Å²) in [6, 6.07) is 7.07. The number of carbonyl (C=O) groups is 2. The van der Waals surface area contributed by atoms with Crippen molar-refractivity contribution in [2.75, 3.05) is 26.2 Å². The maximum absolute atomic E-state index is 12.7. The molecular formula is C20H23F3N4O3. The number of hydrogen-bond acceptors (Lipinski definition) is 4. The lowest BCUT2D eigenvalue weighted by Crippen LogP contribution is -2.51. The average Bonchev–Trinajstić information content (AvgIpc) is 3.17. The Balaban J connectivity index is 1.60. The first-order valence-electron chi connectivity index (χ1n) is 9.44. The van der Waals surface area contributed by atoms with Crippen LogP contribution in [0.25, 0.3) is 5.69 Å². The van der Waals surface area contributed by atoms with E-state index in [9.17, 15) is 22.8 Å². The first kappa shape index (κ1) is 21.7. The molecule has 0 unspecified atom stereocenters. The summed E-state index contributed by atoms with van der Waals surface area (Å²) in [6.45, 7) is 6.85. The molecule has 1 aromatic carbocycles. The third-order valence-corrected chi connectivity index (χ3v) is 4.48. The van der Waals surface area contributed by atoms with Crippen LogP contribution in [-0.4, -0.2) is 63.4 Å². The second kappa shape index (κ2) is 8.00. The average molecular weight is 424 g/mol. The van der Waals surface area contributed by atoms with Crippen molar-refractivity contribution in [3.05, 3.63) is 47.8 Å². The van der Waals surface area contributed by atoms with E-state index in [2.05, 4.69) is 5.10 Å². The molecule has 2 heterocycles. The Kier molecular flexibility index (Phi) is 5.78. The second-order valence-electron chi connectivity index (χ2n) is 7.95. The highest BCUT2D eigenvalue weighted by atomic mass is 19.4. The van der Waals surface area contributed by atoms with Gasteiger partial charge in [-0.25, -0.2) is 9.48 Å². The fourth-order valence-electron chi connectivity index (χ4n) is 2.98. The summed E-state index contributed by atoms with van der Waals surface area (Å²) in [4.78, 5) is 28.0. The summed E-state index contributed by atoms with van der Waals surface area (Å²) in [7, 11) is 0. The van der Waals surface area contributed by atoms with Gasteiger partial charge in [-0.15, -0.1) is 0 Å². The molecule has 0 spiro atoms. The van der Waals surface area contributed by atoms with Crippen molar-refractivity contribution >= 4 is 12.0 Å². The number of nitrogens with zero attached hydrogens (tertiary/aromatic N) is 4. The highest BCUT2D eigenvalue weighted by Gasteiger charge is 2.33. The highest BCUT2D eigenvalue weighted by Crippen LogP contribution is 2.28. The zero-order chi connectivity index (χ0) is 22.1. The van der Waals surface area contributed by atoms with Crippen LogP contribution in [0.4, 0.5) is 18.0 Å². The molecule has 0 saturated carbocycles. The molecule has 0 bridgehead atoms. The van der Waals surface area contributed by atoms with Gasteiger partial charge in [-0.3, -0.25) is 4.79 Å². The van der Waals surface area contributed by atoms with Crippen LogP contribution in [0.2, 0.25) is 0 Å². The zero-order valence-corrected chi connectivity index (χ0v) is 16.9. The zero-order valence-electron chi connectivity index (χ0n) is 16.9. The van der Waals surface area contributed by atoms with Gasteiger partial charge >= 0.3 is 12.3 Å². The number of alkyl halides is 3. The van der Waals surface area contributed by atoms with Gasteiger partial charge in [-0.05, 0) is 51.1 Å². The number of benzene rings is 1. The molecule has 1 aromatic heterocycles. The summed E-state index contributed by atoms with van der Waals surface area (Å²) >= 11 is 0. The smallest absolute Gasteiger partial charge is 0.435 e. The van der Waals surface area contributed by atoms with Crippen molar-refractivity contribution in [1.29, 1.82) is 0 Å². The molecule has 3 rings (SSSR count). The standard InChI is InChI=1S/C20H23F3N4O3/c1-19(2,3)30-18(29)26-12-10-25(11-13-26)17(28)14-4-6-15(7-5-14)27-9-8-16(24-27)20(21,22)23/h4-9H,10-13H2,1-3H3. The van der Waals surface area contributed by atoms with E-state index in [1.165, 1.54) is 18.3 Å². The van der Waals surface area contributed by atoms with Crippen LogP contribution in [0.1, 0.15) is 36.8 Å². The minimum atomic E-state index is -4.51. The van der Waals surface area contributed by atoms with Crippen molar-refractivity contribution in [1.82, 2.24) is 19.6 Å². The van der Waals surface area contributed by atoms with Gasteiger partial charge in [0.1, 0.15) is 5.60 Å². The summed E-state index contributed by atoms with van der Waals surface area (Å²) in [5.74, 6) is -0.207. The topological polar surface area (TPSA) is 67.7 Å². The van der Waals surface area contributed by atoms with Gasteiger partial charge in [0, 0.05) is 37.9 Å². The lowest BCUT2D eigenvalue weighted by atomic mass is 10.1. The van der Waals surface area contributed by atoms with Gasteiger partial charge in [-0.1, -0.05) is 0 Å². The number of hydrogen-bond donors (Lipinski definition) is 0. The van der Waals surface area contributed by atoms with Crippen LogP contribution in [0.5, 0.6) is 0 Å². The number of ether oxygens (including phenoxy) is 1. The Hall–Kier alpha value is -3.04. The van der Waals surface area contributed by atoms with Gasteiger partial charge in [0.25, 0.3) is 5.91 Å². The minimum Gasteiger partial charge on any atom is -0.444 e. The van der Waals surface area contributed by atoms with E-state index in [0.29, 0.717) is 37.4 Å². The van der Waals surface area contributed by atoms with Crippen molar-refractivity contribution in [2.24, 2.45) is 0 Å². The Labute approximate surface area is 172 Å². The molecular weight excluding hydrogens is 401 g/mol. The molecule has 0 aliphatic carbocycles. The van der Waals surface area contributed by atoms with Crippen molar-refractivity contribution in [2.45, 2.75) is 32.5 Å². The van der Waals surface area contributed by atoms with E-state index in [4.69, 9.17) is 4.74 Å². The van der Waals surface area contributed by atoms with Gasteiger partial charge < -0.3 is 14.5 Å². The molecule has 0 radical (unpaired) electrons. The van der Waals surface area contributed by atoms with Crippen LogP contribution in [-0.2, 0) is 10.9 Å². The molecule has 0 N–H and O–H groups in total. The first-order chi connectivity index (χ1) is 13.9. The molecule has 1 saturated heterocycles. The fourth-order valence-corrected chi connectivity index (χ4v) is 2.98. The van der Waals surface area contributed by atoms with Crippen LogP contribution in [0, 0.1) is 0 Å².